The zero-order valence-electron chi connectivity index (χ0n) is 11.4. The number of rotatable bonds is 8. The molecule has 0 saturated heterocycles. The number of nitrogens with one attached hydrogen (secondary N) is 2. The Kier molecular flexibility index (Phi) is 5.92. The Labute approximate surface area is 117 Å². The third kappa shape index (κ3) is 4.79. The average Bonchev–Trinajstić information content (AvgIpc) is 2.78. The van der Waals surface area contributed by atoms with Gasteiger partial charge in [-0.25, -0.2) is 17.8 Å². The zero-order chi connectivity index (χ0) is 15.2. The van der Waals surface area contributed by atoms with E-state index in [1.54, 1.807) is 0 Å². The predicted molar refractivity (Wildman–Crippen MR) is 73.9 cm³/mol. The van der Waals surface area contributed by atoms with Crippen molar-refractivity contribution < 1.29 is 18.2 Å². The van der Waals surface area contributed by atoms with Crippen LogP contribution in [0.2, 0.25) is 0 Å². The molecular formula is C10H19N5O4S. The molecule has 0 aliphatic carbocycles. The quantitative estimate of drug-likeness (QED) is 0.443. The van der Waals surface area contributed by atoms with Crippen LogP contribution in [0.4, 0.5) is 5.82 Å². The Hall–Kier alpha value is -1.65. The SMILES string of the molecule is CC/C(CO)=C(/NCCNS(C)(=O)=O)c1nonc1N. The lowest BCUT2D eigenvalue weighted by atomic mass is 10.1. The van der Waals surface area contributed by atoms with Gasteiger partial charge in [-0.1, -0.05) is 6.92 Å². The summed E-state index contributed by atoms with van der Waals surface area (Å²) in [6.07, 6.45) is 1.65. The van der Waals surface area contributed by atoms with E-state index < -0.39 is 10.0 Å². The minimum Gasteiger partial charge on any atom is -0.392 e. The average molecular weight is 305 g/mol. The van der Waals surface area contributed by atoms with Crippen LogP contribution in [0.25, 0.3) is 5.70 Å². The first-order chi connectivity index (χ1) is 9.39. The van der Waals surface area contributed by atoms with Crippen molar-refractivity contribution in [2.45, 2.75) is 13.3 Å². The van der Waals surface area contributed by atoms with Gasteiger partial charge in [0.15, 0.2) is 11.5 Å². The van der Waals surface area contributed by atoms with Gasteiger partial charge in [0.05, 0.1) is 18.6 Å². The van der Waals surface area contributed by atoms with E-state index in [1.807, 2.05) is 6.92 Å². The third-order valence-electron chi connectivity index (χ3n) is 2.51. The van der Waals surface area contributed by atoms with Crippen LogP contribution in [0.15, 0.2) is 10.2 Å². The van der Waals surface area contributed by atoms with Crippen molar-refractivity contribution in [3.8, 4) is 0 Å². The van der Waals surface area contributed by atoms with E-state index in [-0.39, 0.29) is 19.0 Å². The summed E-state index contributed by atoms with van der Waals surface area (Å²) < 4.78 is 28.8. The first kappa shape index (κ1) is 16.4. The Bertz CT molecular complexity index is 560. The highest BCUT2D eigenvalue weighted by Gasteiger charge is 2.16. The van der Waals surface area contributed by atoms with Crippen molar-refractivity contribution in [3.05, 3.63) is 11.3 Å². The minimum atomic E-state index is -3.24. The van der Waals surface area contributed by atoms with Crippen LogP contribution in [0.5, 0.6) is 0 Å². The van der Waals surface area contributed by atoms with E-state index in [0.717, 1.165) is 6.26 Å². The molecular weight excluding hydrogens is 286 g/mol. The third-order valence-corrected chi connectivity index (χ3v) is 3.24. The lowest BCUT2D eigenvalue weighted by Gasteiger charge is -2.13. The van der Waals surface area contributed by atoms with Gasteiger partial charge in [0, 0.05) is 13.1 Å². The van der Waals surface area contributed by atoms with Crippen LogP contribution in [0.3, 0.4) is 0 Å². The molecule has 0 saturated carbocycles. The molecule has 1 aromatic heterocycles. The second kappa shape index (κ2) is 7.22. The van der Waals surface area contributed by atoms with Gasteiger partial charge in [-0.15, -0.1) is 0 Å². The lowest BCUT2D eigenvalue weighted by molar-refractivity contribution is 0.307. The van der Waals surface area contributed by atoms with Crippen LogP contribution in [-0.2, 0) is 10.0 Å². The largest absolute Gasteiger partial charge is 0.392 e. The summed E-state index contributed by atoms with van der Waals surface area (Å²) in [6.45, 7) is 2.18. The smallest absolute Gasteiger partial charge is 0.208 e. The molecule has 0 aliphatic heterocycles. The molecule has 1 heterocycles. The normalized spacial score (nSPS) is 13.2. The van der Waals surface area contributed by atoms with E-state index >= 15 is 0 Å². The topological polar surface area (TPSA) is 143 Å². The van der Waals surface area contributed by atoms with Crippen LogP contribution in [-0.4, -0.2) is 49.8 Å². The number of hydrogen-bond donors (Lipinski definition) is 4. The van der Waals surface area contributed by atoms with Crippen LogP contribution in [0.1, 0.15) is 19.0 Å². The van der Waals surface area contributed by atoms with E-state index in [2.05, 4.69) is 25.0 Å². The monoisotopic (exact) mass is 305 g/mol. The number of nitrogens with two attached hydrogens (primary N) is 1. The summed E-state index contributed by atoms with van der Waals surface area (Å²) in [5.74, 6) is 0.1000. The number of anilines is 1. The van der Waals surface area contributed by atoms with Gasteiger partial charge in [-0.3, -0.25) is 0 Å². The number of sulfonamides is 1. The van der Waals surface area contributed by atoms with E-state index in [0.29, 0.717) is 29.9 Å². The van der Waals surface area contributed by atoms with Crippen LogP contribution >= 0.6 is 0 Å². The summed E-state index contributed by atoms with van der Waals surface area (Å²) in [5, 5.41) is 19.5. The van der Waals surface area contributed by atoms with Gasteiger partial charge in [0.2, 0.25) is 10.0 Å². The van der Waals surface area contributed by atoms with Gasteiger partial charge in [-0.05, 0) is 22.3 Å². The number of nitrogen functional groups attached to an aromatic ring is 1. The molecule has 1 rings (SSSR count). The first-order valence-electron chi connectivity index (χ1n) is 5.98. The Morgan fingerprint density at radius 3 is 2.55 bits per heavy atom. The maximum Gasteiger partial charge on any atom is 0.208 e. The van der Waals surface area contributed by atoms with Crippen molar-refractivity contribution in [1.82, 2.24) is 20.4 Å². The fraction of sp³-hybridized carbons (Fsp3) is 0.600. The molecule has 10 heteroatoms. The van der Waals surface area contributed by atoms with E-state index in [9.17, 15) is 13.5 Å². The van der Waals surface area contributed by atoms with Gasteiger partial charge < -0.3 is 16.2 Å². The molecule has 20 heavy (non-hydrogen) atoms. The van der Waals surface area contributed by atoms with Crippen molar-refractivity contribution in [3.63, 3.8) is 0 Å². The molecule has 1 aromatic rings. The van der Waals surface area contributed by atoms with Gasteiger partial charge in [-0.2, -0.15) is 0 Å². The molecule has 0 unspecified atom stereocenters. The van der Waals surface area contributed by atoms with E-state index in [4.69, 9.17) is 5.73 Å². The predicted octanol–water partition coefficient (Wildman–Crippen LogP) is -1.10. The van der Waals surface area contributed by atoms with Crippen molar-refractivity contribution in [2.75, 3.05) is 31.7 Å². The lowest BCUT2D eigenvalue weighted by Crippen LogP contribution is -2.31. The Morgan fingerprint density at radius 2 is 2.10 bits per heavy atom. The molecule has 0 aromatic carbocycles. The molecule has 114 valence electrons. The van der Waals surface area contributed by atoms with Gasteiger partial charge in [0.1, 0.15) is 0 Å². The van der Waals surface area contributed by atoms with Crippen LogP contribution in [0, 0.1) is 0 Å². The molecule has 0 aliphatic rings. The molecule has 5 N–H and O–H groups in total. The van der Waals surface area contributed by atoms with Gasteiger partial charge >= 0.3 is 0 Å². The highest BCUT2D eigenvalue weighted by atomic mass is 32.2. The number of hydrogen-bond acceptors (Lipinski definition) is 8. The van der Waals surface area contributed by atoms with Gasteiger partial charge in [0.25, 0.3) is 0 Å². The number of aliphatic hydroxyl groups is 1. The number of nitrogens with zero attached hydrogens (tertiary/aromatic N) is 2. The minimum absolute atomic E-state index is 0.1000. The molecule has 0 atom stereocenters. The molecule has 9 nitrogen and oxygen atoms in total. The molecule has 0 radical (unpaired) electrons. The molecule has 0 amide bonds. The second-order valence-electron chi connectivity index (χ2n) is 4.08. The molecule has 0 spiro atoms. The number of aliphatic hydroxyl groups excluding tert-OH is 1. The zero-order valence-corrected chi connectivity index (χ0v) is 12.2. The summed E-state index contributed by atoms with van der Waals surface area (Å²) in [5.41, 5.74) is 7.11. The highest BCUT2D eigenvalue weighted by molar-refractivity contribution is 7.88. The van der Waals surface area contributed by atoms with Crippen molar-refractivity contribution in [1.29, 1.82) is 0 Å². The fourth-order valence-corrected chi connectivity index (χ4v) is 2.01. The summed E-state index contributed by atoms with van der Waals surface area (Å²) in [7, 11) is -3.24. The maximum absolute atomic E-state index is 11.0. The highest BCUT2D eigenvalue weighted by Crippen LogP contribution is 2.20. The second-order valence-corrected chi connectivity index (χ2v) is 5.91. The summed E-state index contributed by atoms with van der Waals surface area (Å²) in [6, 6.07) is 0. The summed E-state index contributed by atoms with van der Waals surface area (Å²) >= 11 is 0. The molecule has 0 bridgehead atoms. The van der Waals surface area contributed by atoms with Crippen molar-refractivity contribution in [2.24, 2.45) is 0 Å². The summed E-state index contributed by atoms with van der Waals surface area (Å²) in [4.78, 5) is 0. The molecule has 0 fully saturated rings. The van der Waals surface area contributed by atoms with Crippen LogP contribution < -0.4 is 15.8 Å². The van der Waals surface area contributed by atoms with Crippen molar-refractivity contribution >= 4 is 21.5 Å². The number of aromatic nitrogens is 2. The Morgan fingerprint density at radius 1 is 1.40 bits per heavy atom. The van der Waals surface area contributed by atoms with E-state index in [1.165, 1.54) is 0 Å². The standard InChI is InChI=1S/C10H19N5O4S/c1-3-7(6-16)8(9-10(11)15-19-14-9)12-4-5-13-20(2,17)18/h12-13,16H,3-6H2,1-2H3,(H2,11,15)/b8-7-. The Balaban J connectivity index is 2.81. The fourth-order valence-electron chi connectivity index (χ4n) is 1.54. The maximum atomic E-state index is 11.0. The first-order valence-corrected chi connectivity index (χ1v) is 7.88.